The molecule has 20 heteroatoms. The molecule has 11 nitrogen and oxygen atoms in total. The number of ether oxygens (including phenoxy) is 3. The van der Waals surface area contributed by atoms with E-state index in [0.29, 0.717) is 85.4 Å². The molecule has 58 heavy (non-hydrogen) atoms. The molecule has 0 saturated carbocycles. The Morgan fingerprint density at radius 3 is 2.33 bits per heavy atom. The predicted molar refractivity (Wildman–Crippen MR) is 200 cm³/mol. The minimum absolute atomic E-state index is 0.00270. The lowest BCUT2D eigenvalue weighted by Gasteiger charge is -2.47. The Morgan fingerprint density at radius 1 is 0.948 bits per heavy atom. The first kappa shape index (κ1) is 43.2. The number of likely N-dealkylation sites (tertiary alicyclic amines) is 1. The molecule has 0 unspecified atom stereocenters. The summed E-state index contributed by atoms with van der Waals surface area (Å²) < 4.78 is 109. The molecule has 0 aliphatic carbocycles. The second-order valence-corrected chi connectivity index (χ2v) is 16.5. The Hall–Kier alpha value is -4.37. The van der Waals surface area contributed by atoms with Gasteiger partial charge in [0.15, 0.2) is 5.75 Å². The summed E-state index contributed by atoms with van der Waals surface area (Å²) in [5.41, 5.74) is -0.357. The number of nitrogens with one attached hydrogen (secondary N) is 2. The predicted octanol–water partition coefficient (Wildman–Crippen LogP) is 6.87. The number of thiazole rings is 1. The van der Waals surface area contributed by atoms with Gasteiger partial charge < -0.3 is 29.4 Å². The maximum absolute atomic E-state index is 15.8. The van der Waals surface area contributed by atoms with Crippen molar-refractivity contribution in [3.8, 4) is 5.75 Å². The first-order chi connectivity index (χ1) is 27.3. The monoisotopic (exact) mass is 860 g/mol. The second kappa shape index (κ2) is 17.5. The van der Waals surface area contributed by atoms with Gasteiger partial charge in [0.05, 0.1) is 28.3 Å². The fourth-order valence-electron chi connectivity index (χ4n) is 6.96. The van der Waals surface area contributed by atoms with Crippen LogP contribution in [0.2, 0.25) is 0 Å². The summed E-state index contributed by atoms with van der Waals surface area (Å²) >= 11 is 1.90. The van der Waals surface area contributed by atoms with E-state index in [-0.39, 0.29) is 29.1 Å². The van der Waals surface area contributed by atoms with Crippen LogP contribution in [0.3, 0.4) is 0 Å². The van der Waals surface area contributed by atoms with Gasteiger partial charge in [0.2, 0.25) is 0 Å². The molecule has 1 spiro atoms. The standard InChI is InChI=1S/C38H39F7N4O7S2/c1-21(2)27-8-9-28(57-27)32(50)49-16-17-54-36(20-49)11-14-48(15-12-36)19-23-5-3-4-22(29(23)39)10-13-46-18-26(56-34(52)38(43,44)45)24-6-7-25(55-33(51)37(40,41)42)30-31(24)58-35(53)47-30/h3-9,21,26,46H,10-20H2,1-2H3,(H,47,53)/t26-/m0/s1. The van der Waals surface area contributed by atoms with Crippen LogP contribution >= 0.6 is 22.7 Å². The van der Waals surface area contributed by atoms with Gasteiger partial charge in [-0.05, 0) is 61.6 Å². The Balaban J connectivity index is 1.07. The van der Waals surface area contributed by atoms with Crippen LogP contribution < -0.4 is 14.9 Å². The van der Waals surface area contributed by atoms with Gasteiger partial charge in [-0.1, -0.05) is 43.4 Å². The van der Waals surface area contributed by atoms with E-state index < -0.39 is 64.5 Å². The minimum atomic E-state index is -5.41. The Morgan fingerprint density at radius 2 is 1.66 bits per heavy atom. The summed E-state index contributed by atoms with van der Waals surface area (Å²) in [5.74, 6) is -6.02. The lowest BCUT2D eigenvalue weighted by atomic mass is 9.89. The summed E-state index contributed by atoms with van der Waals surface area (Å²) in [4.78, 5) is 56.0. The van der Waals surface area contributed by atoms with E-state index in [1.165, 1.54) is 11.3 Å². The summed E-state index contributed by atoms with van der Waals surface area (Å²) in [5, 5.41) is 2.84. The average molecular weight is 861 g/mol. The van der Waals surface area contributed by atoms with Gasteiger partial charge in [-0.3, -0.25) is 14.5 Å². The normalized spacial score (nSPS) is 16.9. The SMILES string of the molecule is CC(C)c1ccc(C(=O)N2CCOC3(CCN(Cc4cccc(CCNC[C@H](OC(=O)C(F)(F)F)c5ccc(OC(=O)C(F)(F)F)c6[nH]c(=O)sc56)c4F)CC3)C2)s1. The number of piperidine rings is 1. The molecule has 2 fully saturated rings. The van der Waals surface area contributed by atoms with Gasteiger partial charge in [-0.25, -0.2) is 14.0 Å². The van der Waals surface area contributed by atoms with Crippen LogP contribution in [0.15, 0.2) is 47.3 Å². The molecule has 1 atom stereocenters. The molecule has 0 bridgehead atoms. The van der Waals surface area contributed by atoms with Crippen LogP contribution in [0.5, 0.6) is 5.75 Å². The lowest BCUT2D eigenvalue weighted by molar-refractivity contribution is -0.205. The topological polar surface area (TPSA) is 130 Å². The number of hydrogen-bond donors (Lipinski definition) is 2. The number of esters is 2. The number of alkyl halides is 6. The molecular formula is C38H39F7N4O7S2. The molecular weight excluding hydrogens is 822 g/mol. The molecule has 4 aromatic rings. The second-order valence-electron chi connectivity index (χ2n) is 14.4. The highest BCUT2D eigenvalue weighted by Crippen LogP contribution is 2.36. The molecule has 1 amide bonds. The van der Waals surface area contributed by atoms with E-state index in [2.05, 4.69) is 33.8 Å². The van der Waals surface area contributed by atoms with E-state index in [1.807, 2.05) is 17.0 Å². The van der Waals surface area contributed by atoms with Crippen molar-refractivity contribution in [3.63, 3.8) is 0 Å². The minimum Gasteiger partial charge on any atom is -0.449 e. The van der Waals surface area contributed by atoms with Crippen molar-refractivity contribution in [2.24, 2.45) is 0 Å². The number of hydrogen-bond acceptors (Lipinski definition) is 11. The molecule has 0 radical (unpaired) electrons. The van der Waals surface area contributed by atoms with Crippen LogP contribution in [0, 0.1) is 5.82 Å². The van der Waals surface area contributed by atoms with Gasteiger partial charge in [-0.2, -0.15) is 26.3 Å². The van der Waals surface area contributed by atoms with E-state index in [4.69, 9.17) is 9.47 Å². The molecule has 2 aromatic heterocycles. The van der Waals surface area contributed by atoms with Gasteiger partial charge in [0.25, 0.3) is 5.91 Å². The molecule has 2 N–H and O–H groups in total. The highest BCUT2D eigenvalue weighted by molar-refractivity contribution is 7.16. The van der Waals surface area contributed by atoms with Gasteiger partial charge in [-0.15, -0.1) is 11.3 Å². The molecule has 2 aliphatic heterocycles. The Labute approximate surface area is 335 Å². The fourth-order valence-corrected chi connectivity index (χ4v) is 8.84. The Bertz CT molecular complexity index is 2190. The van der Waals surface area contributed by atoms with Crippen LogP contribution in [-0.4, -0.2) is 96.5 Å². The Kier molecular flexibility index (Phi) is 13.0. The van der Waals surface area contributed by atoms with E-state index >= 15 is 4.39 Å². The summed E-state index contributed by atoms with van der Waals surface area (Å²) in [6.45, 7) is 6.62. The number of amides is 1. The van der Waals surface area contributed by atoms with Crippen molar-refractivity contribution >= 4 is 50.7 Å². The number of fused-ring (bicyclic) bond motifs is 1. The lowest BCUT2D eigenvalue weighted by Crippen LogP contribution is -2.57. The number of thiophene rings is 1. The summed E-state index contributed by atoms with van der Waals surface area (Å²) in [6.07, 6.45) is -11.1. The van der Waals surface area contributed by atoms with Crippen LogP contribution in [0.4, 0.5) is 30.7 Å². The third kappa shape index (κ3) is 10.1. The van der Waals surface area contributed by atoms with Crippen LogP contribution in [0.1, 0.15) is 70.0 Å². The molecule has 2 aromatic carbocycles. The first-order valence-electron chi connectivity index (χ1n) is 18.3. The first-order valence-corrected chi connectivity index (χ1v) is 19.9. The fraction of sp³-hybridized carbons (Fsp3) is 0.474. The number of aromatic amines is 1. The van der Waals surface area contributed by atoms with Crippen molar-refractivity contribution in [1.29, 1.82) is 0 Å². The number of rotatable bonds is 12. The summed E-state index contributed by atoms with van der Waals surface area (Å²) in [6, 6.07) is 10.6. The molecule has 314 valence electrons. The van der Waals surface area contributed by atoms with E-state index in [9.17, 15) is 45.5 Å². The molecule has 6 rings (SSSR count). The van der Waals surface area contributed by atoms with Crippen molar-refractivity contribution in [2.45, 2.75) is 69.6 Å². The maximum atomic E-state index is 15.8. The number of benzene rings is 2. The number of aromatic nitrogens is 1. The average Bonchev–Trinajstić information content (AvgIpc) is 3.82. The number of carbonyl (C=O) groups is 3. The van der Waals surface area contributed by atoms with Crippen LogP contribution in [-0.2, 0) is 32.0 Å². The van der Waals surface area contributed by atoms with Crippen molar-refractivity contribution in [1.82, 2.24) is 20.1 Å². The van der Waals surface area contributed by atoms with Gasteiger partial charge in [0, 0.05) is 48.7 Å². The van der Waals surface area contributed by atoms with E-state index in [0.717, 1.165) is 17.0 Å². The number of morpholine rings is 1. The summed E-state index contributed by atoms with van der Waals surface area (Å²) in [7, 11) is 0. The molecule has 2 aliphatic rings. The highest BCUT2D eigenvalue weighted by Gasteiger charge is 2.44. The van der Waals surface area contributed by atoms with Crippen LogP contribution in [0.25, 0.3) is 10.2 Å². The largest absolute Gasteiger partial charge is 0.491 e. The zero-order valence-electron chi connectivity index (χ0n) is 31.2. The molecule has 2 saturated heterocycles. The number of carbonyl (C=O) groups excluding carboxylic acids is 3. The van der Waals surface area contributed by atoms with Crippen molar-refractivity contribution < 1.29 is 59.3 Å². The number of H-pyrrole nitrogens is 1. The highest BCUT2D eigenvalue weighted by atomic mass is 32.1. The van der Waals surface area contributed by atoms with E-state index in [1.54, 1.807) is 18.2 Å². The zero-order chi connectivity index (χ0) is 42.0. The number of nitrogens with zero attached hydrogens (tertiary/aromatic N) is 2. The van der Waals surface area contributed by atoms with Crippen molar-refractivity contribution in [3.05, 3.63) is 84.4 Å². The third-order valence-corrected chi connectivity index (χ3v) is 12.3. The third-order valence-electron chi connectivity index (χ3n) is 10.00. The van der Waals surface area contributed by atoms with Gasteiger partial charge >= 0.3 is 29.2 Å². The molecule has 4 heterocycles. The van der Waals surface area contributed by atoms with Gasteiger partial charge in [0.1, 0.15) is 17.4 Å². The smallest absolute Gasteiger partial charge is 0.449 e. The number of halogens is 7. The zero-order valence-corrected chi connectivity index (χ0v) is 32.8. The van der Waals surface area contributed by atoms with Crippen molar-refractivity contribution in [2.75, 3.05) is 45.9 Å². The maximum Gasteiger partial charge on any atom is 0.491 e. The quantitative estimate of drug-likeness (QED) is 0.0679.